The summed E-state index contributed by atoms with van der Waals surface area (Å²) in [5.74, 6) is -2.34. The summed E-state index contributed by atoms with van der Waals surface area (Å²) in [7, 11) is 0. The van der Waals surface area contributed by atoms with Crippen molar-refractivity contribution in [1.29, 1.82) is 0 Å². The Labute approximate surface area is 216 Å². The lowest BCUT2D eigenvalue weighted by Gasteiger charge is -2.27. The average Bonchev–Trinajstić information content (AvgIpc) is 3.33. The Balaban J connectivity index is 1.45. The number of carbonyl (C=O) groups excluding carboxylic acids is 2. The Hall–Kier alpha value is -4.04. The molecule has 200 valence electrons. The number of H-pyrrole nitrogens is 1. The fourth-order valence-electron chi connectivity index (χ4n) is 3.70. The molecule has 0 bridgehead atoms. The van der Waals surface area contributed by atoms with Crippen molar-refractivity contribution >= 4 is 34.8 Å². The van der Waals surface area contributed by atoms with Gasteiger partial charge in [0, 0.05) is 19.1 Å². The largest absolute Gasteiger partial charge is 0.418 e. The second-order valence-electron chi connectivity index (χ2n) is 8.32. The van der Waals surface area contributed by atoms with E-state index in [1.165, 1.54) is 12.3 Å². The number of aromatic amines is 1. The van der Waals surface area contributed by atoms with Gasteiger partial charge in [-0.1, -0.05) is 11.6 Å². The molecule has 10 nitrogen and oxygen atoms in total. The first-order valence-electron chi connectivity index (χ1n) is 11.0. The van der Waals surface area contributed by atoms with Crippen LogP contribution < -0.4 is 21.5 Å². The zero-order valence-corrected chi connectivity index (χ0v) is 20.0. The molecule has 2 amide bonds. The van der Waals surface area contributed by atoms with Crippen LogP contribution in [0.25, 0.3) is 0 Å². The summed E-state index contributed by atoms with van der Waals surface area (Å²) >= 11 is 6.24. The van der Waals surface area contributed by atoms with Gasteiger partial charge in [0.1, 0.15) is 11.4 Å². The Morgan fingerprint density at radius 2 is 1.97 bits per heavy atom. The summed E-state index contributed by atoms with van der Waals surface area (Å²) < 4.78 is 58.5. The number of aromatic nitrogens is 3. The van der Waals surface area contributed by atoms with Crippen LogP contribution >= 0.6 is 11.6 Å². The summed E-state index contributed by atoms with van der Waals surface area (Å²) in [6.07, 6.45) is -2.30. The van der Waals surface area contributed by atoms with Gasteiger partial charge >= 0.3 is 6.18 Å². The second-order valence-corrected chi connectivity index (χ2v) is 8.73. The van der Waals surface area contributed by atoms with Crippen molar-refractivity contribution in [2.45, 2.75) is 24.7 Å². The summed E-state index contributed by atoms with van der Waals surface area (Å²) in [5, 5.41) is 13.5. The maximum Gasteiger partial charge on any atom is 0.418 e. The molecule has 0 aliphatic carbocycles. The van der Waals surface area contributed by atoms with Crippen molar-refractivity contribution in [3.63, 3.8) is 0 Å². The van der Waals surface area contributed by atoms with E-state index in [0.29, 0.717) is 6.07 Å². The highest BCUT2D eigenvalue weighted by Gasteiger charge is 2.44. The number of benzene rings is 1. The lowest BCUT2D eigenvalue weighted by Crippen LogP contribution is -2.59. The van der Waals surface area contributed by atoms with E-state index in [-0.39, 0.29) is 48.1 Å². The molecule has 1 saturated heterocycles. The van der Waals surface area contributed by atoms with E-state index in [1.807, 2.05) is 0 Å². The Kier molecular flexibility index (Phi) is 7.64. The van der Waals surface area contributed by atoms with Crippen LogP contribution in [0.1, 0.15) is 28.0 Å². The highest BCUT2D eigenvalue weighted by atomic mass is 35.5. The number of amides is 2. The van der Waals surface area contributed by atoms with Crippen LogP contribution in [-0.4, -0.2) is 45.7 Å². The maximum atomic E-state index is 13.4. The van der Waals surface area contributed by atoms with Gasteiger partial charge in [-0.3, -0.25) is 19.4 Å². The minimum atomic E-state index is -4.80. The molecule has 4 N–H and O–H groups in total. The highest BCUT2D eigenvalue weighted by Crippen LogP contribution is 2.36. The van der Waals surface area contributed by atoms with Crippen molar-refractivity contribution in [1.82, 2.24) is 25.8 Å². The number of ether oxygens (including phenoxy) is 1. The smallest absolute Gasteiger partial charge is 0.378 e. The summed E-state index contributed by atoms with van der Waals surface area (Å²) in [4.78, 5) is 41.2. The molecule has 0 radical (unpaired) electrons. The predicted octanol–water partition coefficient (Wildman–Crippen LogP) is 2.93. The average molecular weight is 555 g/mol. The topological polar surface area (TPSA) is 138 Å². The molecule has 1 atom stereocenters. The molecule has 15 heteroatoms. The van der Waals surface area contributed by atoms with E-state index in [4.69, 9.17) is 16.3 Å². The molecule has 1 aromatic carbocycles. The third-order valence-electron chi connectivity index (χ3n) is 5.64. The van der Waals surface area contributed by atoms with Gasteiger partial charge in [-0.15, -0.1) is 0 Å². The molecule has 1 aliphatic rings. The van der Waals surface area contributed by atoms with Crippen molar-refractivity contribution < 1.29 is 31.9 Å². The predicted molar refractivity (Wildman–Crippen MR) is 126 cm³/mol. The number of pyridine rings is 1. The fourth-order valence-corrected chi connectivity index (χ4v) is 3.94. The van der Waals surface area contributed by atoms with Gasteiger partial charge in [0.25, 0.3) is 11.5 Å². The first-order valence-corrected chi connectivity index (χ1v) is 11.4. The number of rotatable bonds is 7. The van der Waals surface area contributed by atoms with E-state index in [0.717, 1.165) is 24.4 Å². The molecule has 3 aromatic rings. The number of nitrogens with one attached hydrogen (secondary N) is 4. The molecule has 0 saturated carbocycles. The number of halogens is 5. The minimum absolute atomic E-state index is 0.0290. The van der Waals surface area contributed by atoms with Crippen LogP contribution in [-0.2, 0) is 22.3 Å². The number of carbonyl (C=O) groups is 2. The van der Waals surface area contributed by atoms with E-state index in [1.54, 1.807) is 0 Å². The standard InChI is InChI=1S/C23H19ClF4N6O4/c24-16-7-14(32-17-2-1-13(25)6-15(17)23(26,27)28)9-29-18(16)10-30-21(37)22(3-4-38-11-22)33-20(36)12-5-19(35)34-31-8-12/h1-2,5-9,32H,3-4,10-11H2,(H,30,37)(H,33,36)(H,34,35)/t22-/m0/s1. The minimum Gasteiger partial charge on any atom is -0.378 e. The molecule has 1 aliphatic heterocycles. The first kappa shape index (κ1) is 27.0. The van der Waals surface area contributed by atoms with Crippen LogP contribution in [0, 0.1) is 5.82 Å². The SMILES string of the molecule is O=C(N[C@@]1(C(=O)NCc2ncc(Nc3ccc(F)cc3C(F)(F)F)cc2Cl)CCOC1)c1cn[nH]c(=O)c1. The molecule has 1 fully saturated rings. The van der Waals surface area contributed by atoms with Gasteiger partial charge < -0.3 is 20.7 Å². The number of hydrogen-bond acceptors (Lipinski definition) is 7. The van der Waals surface area contributed by atoms with Crippen molar-refractivity contribution in [2.75, 3.05) is 18.5 Å². The number of alkyl halides is 3. The first-order chi connectivity index (χ1) is 18.0. The summed E-state index contributed by atoms with van der Waals surface area (Å²) in [6, 6.07) is 4.53. The second kappa shape index (κ2) is 10.8. The van der Waals surface area contributed by atoms with Crippen LogP contribution in [0.4, 0.5) is 28.9 Å². The zero-order chi connectivity index (χ0) is 27.5. The number of anilines is 2. The van der Waals surface area contributed by atoms with Gasteiger partial charge in [-0.05, 0) is 24.3 Å². The van der Waals surface area contributed by atoms with E-state index < -0.39 is 46.2 Å². The van der Waals surface area contributed by atoms with Gasteiger partial charge in [0.15, 0.2) is 0 Å². The Bertz CT molecular complexity index is 1430. The molecule has 2 aromatic heterocycles. The molecular formula is C23H19ClF4N6O4. The van der Waals surface area contributed by atoms with Gasteiger partial charge in [-0.25, -0.2) is 9.49 Å². The summed E-state index contributed by atoms with van der Waals surface area (Å²) in [5.41, 5.74) is -3.37. The van der Waals surface area contributed by atoms with Crippen molar-refractivity contribution in [3.8, 4) is 0 Å². The monoisotopic (exact) mass is 554 g/mol. The Morgan fingerprint density at radius 1 is 1.18 bits per heavy atom. The van der Waals surface area contributed by atoms with Gasteiger partial charge in [0.2, 0.25) is 5.91 Å². The normalized spacial score (nSPS) is 17.2. The maximum absolute atomic E-state index is 13.4. The Morgan fingerprint density at radius 3 is 2.63 bits per heavy atom. The number of nitrogens with zero attached hydrogens (tertiary/aromatic N) is 2. The third-order valence-corrected chi connectivity index (χ3v) is 5.96. The van der Waals surface area contributed by atoms with Crippen molar-refractivity contribution in [3.05, 3.63) is 80.7 Å². The van der Waals surface area contributed by atoms with Gasteiger partial charge in [0.05, 0.1) is 58.8 Å². The molecule has 4 rings (SSSR count). The summed E-state index contributed by atoms with van der Waals surface area (Å²) in [6.45, 7) is -0.0963. The highest BCUT2D eigenvalue weighted by molar-refractivity contribution is 6.31. The number of hydrogen-bond donors (Lipinski definition) is 4. The molecule has 3 heterocycles. The lowest BCUT2D eigenvalue weighted by molar-refractivity contribution is -0.137. The lowest BCUT2D eigenvalue weighted by atomic mass is 9.96. The fraction of sp³-hybridized carbons (Fsp3) is 0.261. The van der Waals surface area contributed by atoms with Crippen molar-refractivity contribution in [2.24, 2.45) is 0 Å². The van der Waals surface area contributed by atoms with Crippen LogP contribution in [0.3, 0.4) is 0 Å². The van der Waals surface area contributed by atoms with E-state index in [2.05, 4.69) is 31.1 Å². The quantitative estimate of drug-likeness (QED) is 0.329. The van der Waals surface area contributed by atoms with Crippen LogP contribution in [0.2, 0.25) is 5.02 Å². The van der Waals surface area contributed by atoms with Crippen LogP contribution in [0.5, 0.6) is 0 Å². The third kappa shape index (κ3) is 6.08. The zero-order valence-electron chi connectivity index (χ0n) is 19.3. The van der Waals surface area contributed by atoms with Crippen LogP contribution in [0.15, 0.2) is 47.5 Å². The van der Waals surface area contributed by atoms with E-state index >= 15 is 0 Å². The molecular weight excluding hydrogens is 536 g/mol. The molecule has 0 unspecified atom stereocenters. The molecule has 0 spiro atoms. The van der Waals surface area contributed by atoms with Gasteiger partial charge in [-0.2, -0.15) is 18.3 Å². The molecule has 38 heavy (non-hydrogen) atoms. The van der Waals surface area contributed by atoms with E-state index in [9.17, 15) is 31.9 Å².